The Morgan fingerprint density at radius 1 is 1.04 bits per heavy atom. The number of nitrogens with zero attached hydrogens (tertiary/aromatic N) is 1. The fourth-order valence-corrected chi connectivity index (χ4v) is 3.42. The average Bonchev–Trinajstić information content (AvgIpc) is 3.06. The summed E-state index contributed by atoms with van der Waals surface area (Å²) in [5.41, 5.74) is 3.43. The minimum absolute atomic E-state index is 0.0223. The molecule has 0 aliphatic carbocycles. The summed E-state index contributed by atoms with van der Waals surface area (Å²) in [5.74, 6) is 0.507. The predicted octanol–water partition coefficient (Wildman–Crippen LogP) is 4.89. The van der Waals surface area contributed by atoms with Crippen LogP contribution in [-0.4, -0.2) is 5.16 Å². The molecule has 2 aromatic heterocycles. The lowest BCUT2D eigenvalue weighted by Crippen LogP contribution is -2.02. The molecule has 3 nitrogen and oxygen atoms in total. The molecule has 0 saturated carbocycles. The zero-order valence-electron chi connectivity index (χ0n) is 12.4. The van der Waals surface area contributed by atoms with Crippen LogP contribution in [0.4, 0.5) is 0 Å². The van der Waals surface area contributed by atoms with E-state index in [0.717, 1.165) is 16.0 Å². The lowest BCUT2D eigenvalue weighted by atomic mass is 10.1. The Labute approximate surface area is 136 Å². The van der Waals surface area contributed by atoms with E-state index < -0.39 is 0 Å². The van der Waals surface area contributed by atoms with Gasteiger partial charge in [-0.15, -0.1) is 11.3 Å². The fraction of sp³-hybridized carbons (Fsp3) is 0.0526. The van der Waals surface area contributed by atoms with Gasteiger partial charge in [-0.2, -0.15) is 0 Å². The molecule has 0 bridgehead atoms. The number of hydrogen-bond donors (Lipinski definition) is 0. The van der Waals surface area contributed by atoms with E-state index in [1.807, 2.05) is 66.9 Å². The van der Waals surface area contributed by atoms with Crippen molar-refractivity contribution < 1.29 is 4.52 Å². The second-order valence-corrected chi connectivity index (χ2v) is 6.33. The first-order valence-corrected chi connectivity index (χ1v) is 8.15. The highest BCUT2D eigenvalue weighted by Gasteiger charge is 2.13. The van der Waals surface area contributed by atoms with Crippen LogP contribution >= 0.6 is 11.3 Å². The third-order valence-electron chi connectivity index (χ3n) is 3.80. The van der Waals surface area contributed by atoms with E-state index in [4.69, 9.17) is 4.52 Å². The Morgan fingerprint density at radius 3 is 2.65 bits per heavy atom. The first kappa shape index (κ1) is 13.9. The van der Waals surface area contributed by atoms with E-state index in [9.17, 15) is 4.79 Å². The van der Waals surface area contributed by atoms with E-state index in [-0.39, 0.29) is 5.43 Å². The third-order valence-corrected chi connectivity index (χ3v) is 4.77. The second kappa shape index (κ2) is 5.48. The first-order chi connectivity index (χ1) is 11.2. The van der Waals surface area contributed by atoms with Crippen molar-refractivity contribution in [3.63, 3.8) is 0 Å². The molecule has 0 unspecified atom stereocenters. The molecule has 4 aromatic rings. The average molecular weight is 319 g/mol. The van der Waals surface area contributed by atoms with Gasteiger partial charge in [-0.05, 0) is 19.1 Å². The summed E-state index contributed by atoms with van der Waals surface area (Å²) >= 11 is 1.53. The Hall–Kier alpha value is -2.72. The Balaban J connectivity index is 1.82. The van der Waals surface area contributed by atoms with Crippen LogP contribution in [0, 0.1) is 6.92 Å². The lowest BCUT2D eigenvalue weighted by molar-refractivity contribution is 0.435. The van der Waals surface area contributed by atoms with Crippen LogP contribution in [0.2, 0.25) is 0 Å². The van der Waals surface area contributed by atoms with Crippen molar-refractivity contribution in [3.8, 4) is 22.6 Å². The van der Waals surface area contributed by atoms with Crippen molar-refractivity contribution in [3.05, 3.63) is 75.8 Å². The largest absolute Gasteiger partial charge is 0.355 e. The Bertz CT molecular complexity index is 1040. The van der Waals surface area contributed by atoms with Crippen molar-refractivity contribution in [2.24, 2.45) is 0 Å². The zero-order chi connectivity index (χ0) is 15.8. The molecule has 2 aromatic carbocycles. The number of benzene rings is 2. The third kappa shape index (κ3) is 2.47. The van der Waals surface area contributed by atoms with Gasteiger partial charge in [-0.1, -0.05) is 47.1 Å². The van der Waals surface area contributed by atoms with Crippen LogP contribution in [0.25, 0.3) is 32.7 Å². The summed E-state index contributed by atoms with van der Waals surface area (Å²) in [6.45, 7) is 2.04. The van der Waals surface area contributed by atoms with Crippen LogP contribution in [0.5, 0.6) is 0 Å². The van der Waals surface area contributed by atoms with Gasteiger partial charge >= 0.3 is 0 Å². The van der Waals surface area contributed by atoms with Gasteiger partial charge in [0.05, 0.1) is 5.56 Å². The number of hydrogen-bond acceptors (Lipinski definition) is 4. The number of fused-ring (bicyclic) bond motifs is 1. The molecule has 23 heavy (non-hydrogen) atoms. The summed E-state index contributed by atoms with van der Waals surface area (Å²) in [5, 5.41) is 6.65. The Morgan fingerprint density at radius 2 is 1.83 bits per heavy atom. The van der Waals surface area contributed by atoms with Crippen molar-refractivity contribution in [2.45, 2.75) is 6.92 Å². The standard InChI is InChI=1S/C19H13NO2S/c1-12-6-8-13(9-7-12)16-10-17(22-20-16)15-11-23-18-5-3-2-4-14(18)19(15)21/h2-11H,1H3. The molecule has 0 saturated heterocycles. The topological polar surface area (TPSA) is 43.1 Å². The van der Waals surface area contributed by atoms with Crippen LogP contribution < -0.4 is 5.43 Å². The number of aromatic nitrogens is 1. The van der Waals surface area contributed by atoms with Gasteiger partial charge in [0.1, 0.15) is 5.69 Å². The molecule has 0 aliphatic rings. The quantitative estimate of drug-likeness (QED) is 0.528. The highest BCUT2D eigenvalue weighted by Crippen LogP contribution is 2.27. The van der Waals surface area contributed by atoms with Crippen LogP contribution in [0.15, 0.2) is 69.3 Å². The van der Waals surface area contributed by atoms with Crippen molar-refractivity contribution >= 4 is 21.4 Å². The molecule has 4 rings (SSSR count). The first-order valence-electron chi connectivity index (χ1n) is 7.27. The predicted molar refractivity (Wildman–Crippen MR) is 93.8 cm³/mol. The van der Waals surface area contributed by atoms with E-state index in [1.54, 1.807) is 0 Å². The molecule has 0 aliphatic heterocycles. The summed E-state index contributed by atoms with van der Waals surface area (Å²) in [6, 6.07) is 17.5. The van der Waals surface area contributed by atoms with Gasteiger partial charge in [0.2, 0.25) is 0 Å². The summed E-state index contributed by atoms with van der Waals surface area (Å²) in [7, 11) is 0. The molecule has 0 fully saturated rings. The maximum Gasteiger partial charge on any atom is 0.199 e. The van der Waals surface area contributed by atoms with Crippen LogP contribution in [0.1, 0.15) is 5.56 Å². The van der Waals surface area contributed by atoms with Gasteiger partial charge in [0.15, 0.2) is 11.2 Å². The smallest absolute Gasteiger partial charge is 0.199 e. The molecule has 0 spiro atoms. The monoisotopic (exact) mass is 319 g/mol. The SMILES string of the molecule is Cc1ccc(-c2cc(-c3csc4ccccc4c3=O)on2)cc1. The molecule has 2 heterocycles. The summed E-state index contributed by atoms with van der Waals surface area (Å²) < 4.78 is 6.39. The molecule has 0 radical (unpaired) electrons. The number of rotatable bonds is 2. The highest BCUT2D eigenvalue weighted by molar-refractivity contribution is 7.16. The van der Waals surface area contributed by atoms with Crippen molar-refractivity contribution in [1.29, 1.82) is 0 Å². The minimum atomic E-state index is -0.0223. The normalized spacial score (nSPS) is 11.0. The number of aryl methyl sites for hydroxylation is 1. The highest BCUT2D eigenvalue weighted by atomic mass is 32.1. The van der Waals surface area contributed by atoms with Crippen molar-refractivity contribution in [1.82, 2.24) is 5.16 Å². The Kier molecular flexibility index (Phi) is 3.32. The van der Waals surface area contributed by atoms with Gasteiger partial charge in [0.25, 0.3) is 0 Å². The van der Waals surface area contributed by atoms with E-state index in [2.05, 4.69) is 5.16 Å². The molecular weight excluding hydrogens is 306 g/mol. The van der Waals surface area contributed by atoms with Crippen LogP contribution in [0.3, 0.4) is 0 Å². The maximum atomic E-state index is 12.6. The summed E-state index contributed by atoms with van der Waals surface area (Å²) in [4.78, 5) is 12.6. The molecule has 0 N–H and O–H groups in total. The van der Waals surface area contributed by atoms with E-state index >= 15 is 0 Å². The molecule has 0 atom stereocenters. The molecule has 0 amide bonds. The molecule has 4 heteroatoms. The van der Waals surface area contributed by atoms with Crippen LogP contribution in [-0.2, 0) is 0 Å². The molecule has 112 valence electrons. The van der Waals surface area contributed by atoms with Gasteiger partial charge < -0.3 is 4.52 Å². The van der Waals surface area contributed by atoms with Gasteiger partial charge in [-0.3, -0.25) is 4.79 Å². The lowest BCUT2D eigenvalue weighted by Gasteiger charge is -1.98. The zero-order valence-corrected chi connectivity index (χ0v) is 13.3. The second-order valence-electron chi connectivity index (χ2n) is 5.42. The maximum absolute atomic E-state index is 12.6. The van der Waals surface area contributed by atoms with E-state index in [1.165, 1.54) is 16.9 Å². The molecular formula is C19H13NO2S. The fourth-order valence-electron chi connectivity index (χ4n) is 2.51. The van der Waals surface area contributed by atoms with Gasteiger partial charge in [0, 0.05) is 27.1 Å². The van der Waals surface area contributed by atoms with E-state index in [0.29, 0.717) is 16.7 Å². The summed E-state index contributed by atoms with van der Waals surface area (Å²) in [6.07, 6.45) is 0. The van der Waals surface area contributed by atoms with Crippen molar-refractivity contribution in [2.75, 3.05) is 0 Å². The van der Waals surface area contributed by atoms with Gasteiger partial charge in [-0.25, -0.2) is 0 Å². The minimum Gasteiger partial charge on any atom is -0.355 e.